The summed E-state index contributed by atoms with van der Waals surface area (Å²) in [4.78, 5) is 11.2. The summed E-state index contributed by atoms with van der Waals surface area (Å²) in [7, 11) is 0. The SMILES string of the molecule is CC1(C)CCC[C@]2(C)OC(=O)C[C@@H]2O1. The van der Waals surface area contributed by atoms with E-state index in [4.69, 9.17) is 9.47 Å². The van der Waals surface area contributed by atoms with E-state index in [-0.39, 0.29) is 23.3 Å². The molecule has 2 fully saturated rings. The highest BCUT2D eigenvalue weighted by atomic mass is 16.6. The van der Waals surface area contributed by atoms with Crippen LogP contribution in [0.5, 0.6) is 0 Å². The molecule has 0 aromatic heterocycles. The Morgan fingerprint density at radius 3 is 2.71 bits per heavy atom. The maximum absolute atomic E-state index is 11.2. The van der Waals surface area contributed by atoms with Crippen molar-refractivity contribution in [2.45, 2.75) is 63.8 Å². The van der Waals surface area contributed by atoms with Crippen LogP contribution in [-0.2, 0) is 14.3 Å². The van der Waals surface area contributed by atoms with Gasteiger partial charge in [0.25, 0.3) is 0 Å². The average Bonchev–Trinajstić information content (AvgIpc) is 2.19. The molecule has 0 N–H and O–H groups in total. The normalized spacial score (nSPS) is 41.4. The second-order valence-corrected chi connectivity index (χ2v) is 5.21. The molecule has 0 bridgehead atoms. The highest BCUT2D eigenvalue weighted by molar-refractivity contribution is 5.73. The molecule has 0 spiro atoms. The van der Waals surface area contributed by atoms with E-state index >= 15 is 0 Å². The zero-order valence-electron chi connectivity index (χ0n) is 9.13. The van der Waals surface area contributed by atoms with Gasteiger partial charge < -0.3 is 9.47 Å². The summed E-state index contributed by atoms with van der Waals surface area (Å²) in [5, 5.41) is 0. The molecule has 0 aliphatic carbocycles. The van der Waals surface area contributed by atoms with Gasteiger partial charge in [0.05, 0.1) is 12.0 Å². The number of carbonyl (C=O) groups excluding carboxylic acids is 1. The minimum absolute atomic E-state index is 0.0486. The molecular weight excluding hydrogens is 180 g/mol. The number of hydrogen-bond acceptors (Lipinski definition) is 3. The van der Waals surface area contributed by atoms with Gasteiger partial charge in [0.1, 0.15) is 11.7 Å². The lowest BCUT2D eigenvalue weighted by Crippen LogP contribution is -2.39. The Morgan fingerprint density at radius 2 is 2.00 bits per heavy atom. The first-order valence-corrected chi connectivity index (χ1v) is 5.31. The van der Waals surface area contributed by atoms with Crippen LogP contribution in [0.4, 0.5) is 0 Å². The van der Waals surface area contributed by atoms with Crippen molar-refractivity contribution < 1.29 is 14.3 Å². The third-order valence-corrected chi connectivity index (χ3v) is 3.29. The summed E-state index contributed by atoms with van der Waals surface area (Å²) in [5.74, 6) is -0.116. The fourth-order valence-corrected chi connectivity index (χ4v) is 2.42. The maximum Gasteiger partial charge on any atom is 0.309 e. The summed E-state index contributed by atoms with van der Waals surface area (Å²) in [5.41, 5.74) is -0.485. The van der Waals surface area contributed by atoms with Crippen molar-refractivity contribution in [2.75, 3.05) is 0 Å². The standard InChI is InChI=1S/C11H18O3/c1-10(2)5-4-6-11(3)8(13-10)7-9(12)14-11/h8H,4-7H2,1-3H3/t8-,11-/m0/s1. The second-order valence-electron chi connectivity index (χ2n) is 5.21. The van der Waals surface area contributed by atoms with Crippen molar-refractivity contribution in [3.63, 3.8) is 0 Å². The van der Waals surface area contributed by atoms with Gasteiger partial charge in [0.2, 0.25) is 0 Å². The summed E-state index contributed by atoms with van der Waals surface area (Å²) in [6, 6.07) is 0. The minimum Gasteiger partial charge on any atom is -0.456 e. The molecule has 2 atom stereocenters. The summed E-state index contributed by atoms with van der Waals surface area (Å²) >= 11 is 0. The van der Waals surface area contributed by atoms with E-state index < -0.39 is 0 Å². The number of hydrogen-bond donors (Lipinski definition) is 0. The molecule has 0 radical (unpaired) electrons. The number of esters is 1. The largest absolute Gasteiger partial charge is 0.456 e. The van der Waals surface area contributed by atoms with Crippen molar-refractivity contribution in [3.8, 4) is 0 Å². The third kappa shape index (κ3) is 1.65. The Morgan fingerprint density at radius 1 is 1.29 bits per heavy atom. The molecule has 14 heavy (non-hydrogen) atoms. The van der Waals surface area contributed by atoms with Crippen LogP contribution in [0.2, 0.25) is 0 Å². The molecule has 80 valence electrons. The lowest BCUT2D eigenvalue weighted by atomic mass is 9.93. The predicted molar refractivity (Wildman–Crippen MR) is 51.9 cm³/mol. The van der Waals surface area contributed by atoms with Crippen LogP contribution >= 0.6 is 0 Å². The first-order valence-electron chi connectivity index (χ1n) is 5.31. The van der Waals surface area contributed by atoms with Crippen molar-refractivity contribution in [1.82, 2.24) is 0 Å². The van der Waals surface area contributed by atoms with E-state index in [1.807, 2.05) is 6.92 Å². The molecule has 3 heteroatoms. The van der Waals surface area contributed by atoms with E-state index in [1.54, 1.807) is 0 Å². The Hall–Kier alpha value is -0.570. The van der Waals surface area contributed by atoms with Crippen LogP contribution in [0, 0.1) is 0 Å². The van der Waals surface area contributed by atoms with Crippen molar-refractivity contribution in [1.29, 1.82) is 0 Å². The zero-order valence-corrected chi connectivity index (χ0v) is 9.13. The monoisotopic (exact) mass is 198 g/mol. The average molecular weight is 198 g/mol. The third-order valence-electron chi connectivity index (χ3n) is 3.29. The summed E-state index contributed by atoms with van der Waals surface area (Å²) in [6.07, 6.45) is 3.39. The van der Waals surface area contributed by atoms with E-state index in [2.05, 4.69) is 13.8 Å². The molecule has 2 heterocycles. The second kappa shape index (κ2) is 2.96. The molecule has 2 saturated heterocycles. The van der Waals surface area contributed by atoms with Gasteiger partial charge in [0, 0.05) is 0 Å². The van der Waals surface area contributed by atoms with Gasteiger partial charge in [0.15, 0.2) is 0 Å². The Kier molecular flexibility index (Phi) is 2.11. The van der Waals surface area contributed by atoms with Crippen LogP contribution in [0.1, 0.15) is 46.5 Å². The van der Waals surface area contributed by atoms with Gasteiger partial charge in [-0.1, -0.05) is 0 Å². The van der Waals surface area contributed by atoms with Crippen LogP contribution in [-0.4, -0.2) is 23.3 Å². The first kappa shape index (κ1) is 9.97. The molecule has 2 rings (SSSR count). The van der Waals surface area contributed by atoms with Gasteiger partial charge in [-0.05, 0) is 40.0 Å². The molecule has 2 aliphatic rings. The number of rotatable bonds is 0. The van der Waals surface area contributed by atoms with Gasteiger partial charge in [-0.25, -0.2) is 0 Å². The van der Waals surface area contributed by atoms with Gasteiger partial charge in [-0.15, -0.1) is 0 Å². The highest BCUT2D eigenvalue weighted by Crippen LogP contribution is 2.40. The van der Waals surface area contributed by atoms with Crippen LogP contribution in [0.3, 0.4) is 0 Å². The lowest BCUT2D eigenvalue weighted by molar-refractivity contribution is -0.153. The van der Waals surface area contributed by atoms with Crippen molar-refractivity contribution >= 4 is 5.97 Å². The van der Waals surface area contributed by atoms with E-state index in [9.17, 15) is 4.79 Å². The van der Waals surface area contributed by atoms with Crippen LogP contribution in [0.15, 0.2) is 0 Å². The van der Waals surface area contributed by atoms with Crippen LogP contribution in [0.25, 0.3) is 0 Å². The Bertz CT molecular complexity index is 259. The number of carbonyl (C=O) groups is 1. The fraction of sp³-hybridized carbons (Fsp3) is 0.909. The fourth-order valence-electron chi connectivity index (χ4n) is 2.42. The minimum atomic E-state index is -0.370. The molecule has 0 saturated carbocycles. The molecule has 0 aromatic carbocycles. The first-order chi connectivity index (χ1) is 6.41. The van der Waals surface area contributed by atoms with Gasteiger partial charge in [-0.2, -0.15) is 0 Å². The summed E-state index contributed by atoms with van der Waals surface area (Å²) < 4.78 is 11.3. The van der Waals surface area contributed by atoms with Crippen molar-refractivity contribution in [3.05, 3.63) is 0 Å². The lowest BCUT2D eigenvalue weighted by Gasteiger charge is -2.31. The quantitative estimate of drug-likeness (QED) is 0.559. The zero-order chi connectivity index (χ0) is 10.4. The maximum atomic E-state index is 11.2. The molecule has 0 amide bonds. The topological polar surface area (TPSA) is 35.5 Å². The molecular formula is C11H18O3. The molecule has 0 unspecified atom stereocenters. The molecule has 2 aliphatic heterocycles. The summed E-state index contributed by atoms with van der Waals surface area (Å²) in [6.45, 7) is 6.16. The number of fused-ring (bicyclic) bond motifs is 1. The smallest absolute Gasteiger partial charge is 0.309 e. The van der Waals surface area contributed by atoms with Crippen molar-refractivity contribution in [2.24, 2.45) is 0 Å². The van der Waals surface area contributed by atoms with E-state index in [0.717, 1.165) is 19.3 Å². The molecule has 3 nitrogen and oxygen atoms in total. The highest BCUT2D eigenvalue weighted by Gasteiger charge is 2.49. The Balaban J connectivity index is 2.20. The van der Waals surface area contributed by atoms with Crippen LogP contribution < -0.4 is 0 Å². The van der Waals surface area contributed by atoms with Gasteiger partial charge >= 0.3 is 5.97 Å². The van der Waals surface area contributed by atoms with E-state index in [1.165, 1.54) is 0 Å². The molecule has 0 aromatic rings. The number of ether oxygens (including phenoxy) is 2. The van der Waals surface area contributed by atoms with E-state index in [0.29, 0.717) is 6.42 Å². The van der Waals surface area contributed by atoms with Gasteiger partial charge in [-0.3, -0.25) is 4.79 Å². The Labute approximate surface area is 84.8 Å². The predicted octanol–water partition coefficient (Wildman–Crippen LogP) is 2.04.